The SMILES string of the molecule is Cc1ccc(Cl)cc1Nc1cc(NN)nc(C(C)C)n1. The smallest absolute Gasteiger partial charge is 0.145 e. The van der Waals surface area contributed by atoms with Gasteiger partial charge in [0.1, 0.15) is 17.5 Å². The van der Waals surface area contributed by atoms with Crippen LogP contribution in [0.5, 0.6) is 0 Å². The number of hydrogen-bond acceptors (Lipinski definition) is 5. The summed E-state index contributed by atoms with van der Waals surface area (Å²) in [6, 6.07) is 7.43. The van der Waals surface area contributed by atoms with Gasteiger partial charge in [0.05, 0.1) is 0 Å². The first-order chi connectivity index (χ1) is 9.49. The monoisotopic (exact) mass is 291 g/mol. The molecule has 1 aromatic carbocycles. The molecule has 5 nitrogen and oxygen atoms in total. The summed E-state index contributed by atoms with van der Waals surface area (Å²) in [4.78, 5) is 8.81. The second-order valence-corrected chi connectivity index (χ2v) is 5.32. The minimum absolute atomic E-state index is 0.212. The number of nitrogen functional groups attached to an aromatic ring is 1. The van der Waals surface area contributed by atoms with Crippen LogP contribution in [0.1, 0.15) is 31.2 Å². The molecule has 4 N–H and O–H groups in total. The number of hydrazine groups is 1. The molecule has 0 fully saturated rings. The van der Waals surface area contributed by atoms with Crippen molar-refractivity contribution in [3.05, 3.63) is 40.7 Å². The molecule has 0 spiro atoms. The third-order valence-electron chi connectivity index (χ3n) is 2.87. The van der Waals surface area contributed by atoms with Crippen LogP contribution in [0.25, 0.3) is 0 Å². The van der Waals surface area contributed by atoms with Gasteiger partial charge < -0.3 is 10.7 Å². The zero-order valence-electron chi connectivity index (χ0n) is 11.7. The zero-order chi connectivity index (χ0) is 14.7. The van der Waals surface area contributed by atoms with E-state index in [4.69, 9.17) is 17.4 Å². The third kappa shape index (κ3) is 3.37. The molecule has 0 unspecified atom stereocenters. The summed E-state index contributed by atoms with van der Waals surface area (Å²) in [5, 5.41) is 3.93. The van der Waals surface area contributed by atoms with Crippen LogP contribution in [0.3, 0.4) is 0 Å². The fourth-order valence-corrected chi connectivity index (χ4v) is 1.90. The molecule has 0 aliphatic rings. The summed E-state index contributed by atoms with van der Waals surface area (Å²) in [6.07, 6.45) is 0. The van der Waals surface area contributed by atoms with Crippen LogP contribution in [0, 0.1) is 6.92 Å². The van der Waals surface area contributed by atoms with Gasteiger partial charge in [0.2, 0.25) is 0 Å². The number of nitrogens with zero attached hydrogens (tertiary/aromatic N) is 2. The number of rotatable bonds is 4. The van der Waals surface area contributed by atoms with Crippen molar-refractivity contribution in [1.82, 2.24) is 9.97 Å². The third-order valence-corrected chi connectivity index (χ3v) is 3.11. The second-order valence-electron chi connectivity index (χ2n) is 4.88. The van der Waals surface area contributed by atoms with Gasteiger partial charge >= 0.3 is 0 Å². The van der Waals surface area contributed by atoms with Crippen molar-refractivity contribution in [1.29, 1.82) is 0 Å². The number of aryl methyl sites for hydroxylation is 1. The Kier molecular flexibility index (Phi) is 4.42. The molecule has 0 aliphatic heterocycles. The van der Waals surface area contributed by atoms with Gasteiger partial charge in [-0.15, -0.1) is 0 Å². The summed E-state index contributed by atoms with van der Waals surface area (Å²) in [6.45, 7) is 6.07. The molecule has 20 heavy (non-hydrogen) atoms. The molecule has 2 rings (SSSR count). The van der Waals surface area contributed by atoms with Crippen LogP contribution >= 0.6 is 11.6 Å². The number of nitrogens with one attached hydrogen (secondary N) is 2. The van der Waals surface area contributed by atoms with Crippen LogP contribution in [0.2, 0.25) is 5.02 Å². The lowest BCUT2D eigenvalue weighted by Crippen LogP contribution is -2.12. The van der Waals surface area contributed by atoms with E-state index in [1.807, 2.05) is 39.0 Å². The first-order valence-corrected chi connectivity index (χ1v) is 6.76. The zero-order valence-corrected chi connectivity index (χ0v) is 12.5. The average molecular weight is 292 g/mol. The van der Waals surface area contributed by atoms with Gasteiger partial charge in [-0.2, -0.15) is 0 Å². The lowest BCUT2D eigenvalue weighted by molar-refractivity contribution is 0.777. The van der Waals surface area contributed by atoms with Crippen LogP contribution < -0.4 is 16.6 Å². The predicted molar refractivity (Wildman–Crippen MR) is 83.4 cm³/mol. The van der Waals surface area contributed by atoms with Crippen molar-refractivity contribution in [2.75, 3.05) is 10.7 Å². The van der Waals surface area contributed by atoms with E-state index in [1.165, 1.54) is 0 Å². The predicted octanol–water partition coefficient (Wildman–Crippen LogP) is 3.59. The Morgan fingerprint density at radius 2 is 1.85 bits per heavy atom. The Morgan fingerprint density at radius 1 is 1.15 bits per heavy atom. The van der Waals surface area contributed by atoms with E-state index in [0.717, 1.165) is 17.1 Å². The largest absolute Gasteiger partial charge is 0.340 e. The Bertz CT molecular complexity index is 613. The normalized spacial score (nSPS) is 10.7. The molecular formula is C14H18ClN5. The van der Waals surface area contributed by atoms with Crippen LogP contribution in [-0.4, -0.2) is 9.97 Å². The number of halogens is 1. The highest BCUT2D eigenvalue weighted by molar-refractivity contribution is 6.30. The molecular weight excluding hydrogens is 274 g/mol. The van der Waals surface area contributed by atoms with Gasteiger partial charge in [0, 0.05) is 22.7 Å². The molecule has 0 radical (unpaired) electrons. The van der Waals surface area contributed by atoms with Crippen LogP contribution in [0.15, 0.2) is 24.3 Å². The van der Waals surface area contributed by atoms with E-state index in [1.54, 1.807) is 6.07 Å². The van der Waals surface area contributed by atoms with Gasteiger partial charge in [-0.3, -0.25) is 0 Å². The first-order valence-electron chi connectivity index (χ1n) is 6.38. The van der Waals surface area contributed by atoms with Crippen LogP contribution in [0.4, 0.5) is 17.3 Å². The van der Waals surface area contributed by atoms with E-state index in [-0.39, 0.29) is 5.92 Å². The van der Waals surface area contributed by atoms with Gasteiger partial charge in [-0.05, 0) is 24.6 Å². The van der Waals surface area contributed by atoms with Crippen LogP contribution in [-0.2, 0) is 0 Å². The van der Waals surface area contributed by atoms with Crippen molar-refractivity contribution >= 4 is 28.9 Å². The highest BCUT2D eigenvalue weighted by Gasteiger charge is 2.09. The van der Waals surface area contributed by atoms with E-state index in [9.17, 15) is 0 Å². The lowest BCUT2D eigenvalue weighted by Gasteiger charge is -2.13. The lowest BCUT2D eigenvalue weighted by atomic mass is 10.2. The Balaban J connectivity index is 2.37. The van der Waals surface area contributed by atoms with Crippen molar-refractivity contribution in [3.63, 3.8) is 0 Å². The Labute approximate surface area is 123 Å². The number of nitrogens with two attached hydrogens (primary N) is 1. The maximum absolute atomic E-state index is 6.02. The molecule has 0 saturated heterocycles. The number of benzene rings is 1. The number of hydrogen-bond donors (Lipinski definition) is 3. The molecule has 0 atom stereocenters. The standard InChI is InChI=1S/C14H18ClN5/c1-8(2)14-18-12(7-13(19-14)20-16)17-11-6-10(15)5-4-9(11)3/h4-8H,16H2,1-3H3,(H2,17,18,19,20). The molecule has 0 amide bonds. The maximum atomic E-state index is 6.02. The van der Waals surface area contributed by atoms with Crippen molar-refractivity contribution in [2.45, 2.75) is 26.7 Å². The number of aromatic nitrogens is 2. The van der Waals surface area contributed by atoms with E-state index in [0.29, 0.717) is 16.7 Å². The fraction of sp³-hybridized carbons (Fsp3) is 0.286. The topological polar surface area (TPSA) is 75.9 Å². The molecule has 0 saturated carbocycles. The fourth-order valence-electron chi connectivity index (χ4n) is 1.73. The highest BCUT2D eigenvalue weighted by atomic mass is 35.5. The van der Waals surface area contributed by atoms with E-state index < -0.39 is 0 Å². The molecule has 1 aromatic heterocycles. The molecule has 2 aromatic rings. The van der Waals surface area contributed by atoms with E-state index in [2.05, 4.69) is 20.7 Å². The van der Waals surface area contributed by atoms with Crippen molar-refractivity contribution in [3.8, 4) is 0 Å². The summed E-state index contributed by atoms with van der Waals surface area (Å²) < 4.78 is 0. The average Bonchev–Trinajstić information content (AvgIpc) is 2.42. The van der Waals surface area contributed by atoms with Gasteiger partial charge in [-0.1, -0.05) is 31.5 Å². The number of anilines is 3. The second kappa shape index (κ2) is 6.07. The molecule has 106 valence electrons. The summed E-state index contributed by atoms with van der Waals surface area (Å²) >= 11 is 6.02. The summed E-state index contributed by atoms with van der Waals surface area (Å²) in [5.41, 5.74) is 4.55. The Hall–Kier alpha value is -1.85. The molecule has 1 heterocycles. The Morgan fingerprint density at radius 3 is 2.50 bits per heavy atom. The first kappa shape index (κ1) is 14.6. The highest BCUT2D eigenvalue weighted by Crippen LogP contribution is 2.25. The molecule has 0 aliphatic carbocycles. The quantitative estimate of drug-likeness (QED) is 0.593. The molecule has 6 heteroatoms. The van der Waals surface area contributed by atoms with Crippen molar-refractivity contribution < 1.29 is 0 Å². The van der Waals surface area contributed by atoms with Gasteiger partial charge in [0.25, 0.3) is 0 Å². The molecule has 0 bridgehead atoms. The van der Waals surface area contributed by atoms with Gasteiger partial charge in [0.15, 0.2) is 0 Å². The minimum atomic E-state index is 0.212. The van der Waals surface area contributed by atoms with Gasteiger partial charge in [-0.25, -0.2) is 15.8 Å². The minimum Gasteiger partial charge on any atom is -0.340 e. The maximum Gasteiger partial charge on any atom is 0.145 e. The summed E-state index contributed by atoms with van der Waals surface area (Å²) in [5.74, 6) is 7.64. The summed E-state index contributed by atoms with van der Waals surface area (Å²) in [7, 11) is 0. The van der Waals surface area contributed by atoms with E-state index >= 15 is 0 Å². The van der Waals surface area contributed by atoms with Crippen molar-refractivity contribution in [2.24, 2.45) is 5.84 Å².